The Morgan fingerprint density at radius 3 is 2.83 bits per heavy atom. The fourth-order valence-electron chi connectivity index (χ4n) is 1.99. The topological polar surface area (TPSA) is 47.6 Å². The molecule has 0 aliphatic carbocycles. The van der Waals surface area contributed by atoms with Crippen LogP contribution in [0.25, 0.3) is 0 Å². The predicted octanol–water partition coefficient (Wildman–Crippen LogP) is 2.20. The van der Waals surface area contributed by atoms with Gasteiger partial charge >= 0.3 is 5.97 Å². The lowest BCUT2D eigenvalue weighted by molar-refractivity contribution is 0.0601. The molecule has 1 aliphatic heterocycles. The highest BCUT2D eigenvalue weighted by Crippen LogP contribution is 2.21. The molecule has 1 aliphatic rings. The first-order chi connectivity index (χ1) is 8.70. The van der Waals surface area contributed by atoms with Gasteiger partial charge in [-0.3, -0.25) is 0 Å². The first-order valence-electron chi connectivity index (χ1n) is 5.93. The largest absolute Gasteiger partial charge is 0.465 e. The van der Waals surface area contributed by atoms with Crippen molar-refractivity contribution in [2.45, 2.75) is 18.9 Å². The molecule has 18 heavy (non-hydrogen) atoms. The molecule has 2 rings (SSSR count). The van der Waals surface area contributed by atoms with E-state index in [-0.39, 0.29) is 11.9 Å². The number of ether oxygens (including phenoxy) is 2. The molecule has 1 saturated heterocycles. The Morgan fingerprint density at radius 2 is 2.17 bits per heavy atom. The SMILES string of the molecule is COC(=O)c1ccc(F)cc1NC1CCOCC1. The Labute approximate surface area is 105 Å². The molecule has 1 heterocycles. The molecule has 0 spiro atoms. The van der Waals surface area contributed by atoms with E-state index in [4.69, 9.17) is 4.74 Å². The number of hydrogen-bond acceptors (Lipinski definition) is 4. The second-order valence-corrected chi connectivity index (χ2v) is 4.21. The summed E-state index contributed by atoms with van der Waals surface area (Å²) in [4.78, 5) is 11.6. The minimum atomic E-state index is -0.468. The fraction of sp³-hybridized carbons (Fsp3) is 0.462. The standard InChI is InChI=1S/C13H16FNO3/c1-17-13(16)11-3-2-9(14)8-12(11)15-10-4-6-18-7-5-10/h2-3,8,10,15H,4-7H2,1H3. The third-order valence-corrected chi connectivity index (χ3v) is 2.97. The number of benzene rings is 1. The monoisotopic (exact) mass is 253 g/mol. The number of anilines is 1. The lowest BCUT2D eigenvalue weighted by Gasteiger charge is -2.25. The first kappa shape index (κ1) is 12.8. The van der Waals surface area contributed by atoms with Gasteiger partial charge in [-0.05, 0) is 31.0 Å². The molecule has 5 heteroatoms. The third-order valence-electron chi connectivity index (χ3n) is 2.97. The number of hydrogen-bond donors (Lipinski definition) is 1. The summed E-state index contributed by atoms with van der Waals surface area (Å²) in [5.74, 6) is -0.846. The van der Waals surface area contributed by atoms with Gasteiger partial charge in [0.2, 0.25) is 0 Å². The van der Waals surface area contributed by atoms with E-state index in [1.54, 1.807) is 0 Å². The molecule has 4 nitrogen and oxygen atoms in total. The van der Waals surface area contributed by atoms with E-state index in [1.165, 1.54) is 25.3 Å². The summed E-state index contributed by atoms with van der Waals surface area (Å²) >= 11 is 0. The van der Waals surface area contributed by atoms with E-state index in [9.17, 15) is 9.18 Å². The molecule has 0 amide bonds. The number of methoxy groups -OCH3 is 1. The van der Waals surface area contributed by atoms with Crippen molar-refractivity contribution in [3.8, 4) is 0 Å². The Hall–Kier alpha value is -1.62. The van der Waals surface area contributed by atoms with Crippen molar-refractivity contribution in [1.29, 1.82) is 0 Å². The lowest BCUT2D eigenvalue weighted by Crippen LogP contribution is -2.28. The van der Waals surface area contributed by atoms with Crippen molar-refractivity contribution in [3.63, 3.8) is 0 Å². The van der Waals surface area contributed by atoms with E-state index in [0.29, 0.717) is 24.5 Å². The molecular formula is C13H16FNO3. The molecule has 0 saturated carbocycles. The van der Waals surface area contributed by atoms with Crippen LogP contribution in [0.3, 0.4) is 0 Å². The average Bonchev–Trinajstić information content (AvgIpc) is 2.39. The van der Waals surface area contributed by atoms with E-state index < -0.39 is 5.97 Å². The maximum atomic E-state index is 13.3. The van der Waals surface area contributed by atoms with E-state index >= 15 is 0 Å². The van der Waals surface area contributed by atoms with Crippen LogP contribution in [0.4, 0.5) is 10.1 Å². The van der Waals surface area contributed by atoms with Gasteiger partial charge in [-0.2, -0.15) is 0 Å². The Bertz CT molecular complexity index is 430. The average molecular weight is 253 g/mol. The van der Waals surface area contributed by atoms with Gasteiger partial charge in [-0.15, -0.1) is 0 Å². The summed E-state index contributed by atoms with van der Waals surface area (Å²) in [6, 6.07) is 4.20. The van der Waals surface area contributed by atoms with Crippen LogP contribution < -0.4 is 5.32 Å². The third kappa shape index (κ3) is 2.98. The minimum absolute atomic E-state index is 0.198. The zero-order valence-corrected chi connectivity index (χ0v) is 10.2. The van der Waals surface area contributed by atoms with Gasteiger partial charge in [-0.25, -0.2) is 9.18 Å². The molecule has 1 N–H and O–H groups in total. The van der Waals surface area contributed by atoms with Crippen LogP contribution in [0, 0.1) is 5.82 Å². The molecule has 0 bridgehead atoms. The smallest absolute Gasteiger partial charge is 0.339 e. The molecular weight excluding hydrogens is 237 g/mol. The van der Waals surface area contributed by atoms with Gasteiger partial charge in [0.05, 0.1) is 18.4 Å². The first-order valence-corrected chi connectivity index (χ1v) is 5.93. The summed E-state index contributed by atoms with van der Waals surface area (Å²) in [6.45, 7) is 1.36. The van der Waals surface area contributed by atoms with Crippen LogP contribution in [0.5, 0.6) is 0 Å². The van der Waals surface area contributed by atoms with Gasteiger partial charge in [0.25, 0.3) is 0 Å². The molecule has 0 aromatic heterocycles. The number of halogens is 1. The van der Waals surface area contributed by atoms with Crippen LogP contribution >= 0.6 is 0 Å². The maximum absolute atomic E-state index is 13.3. The van der Waals surface area contributed by atoms with Crippen LogP contribution in [0.15, 0.2) is 18.2 Å². The normalized spacial score (nSPS) is 16.3. The van der Waals surface area contributed by atoms with Crippen molar-refractivity contribution in [3.05, 3.63) is 29.6 Å². The Morgan fingerprint density at radius 1 is 1.44 bits per heavy atom. The number of carbonyl (C=O) groups is 1. The van der Waals surface area contributed by atoms with Crippen molar-refractivity contribution in [1.82, 2.24) is 0 Å². The van der Waals surface area contributed by atoms with E-state index in [0.717, 1.165) is 12.8 Å². The van der Waals surface area contributed by atoms with Crippen molar-refractivity contribution >= 4 is 11.7 Å². The highest BCUT2D eigenvalue weighted by Gasteiger charge is 2.18. The van der Waals surface area contributed by atoms with Crippen molar-refractivity contribution in [2.75, 3.05) is 25.6 Å². The summed E-state index contributed by atoms with van der Waals surface area (Å²) < 4.78 is 23.2. The van der Waals surface area contributed by atoms with Gasteiger partial charge < -0.3 is 14.8 Å². The predicted molar refractivity (Wildman–Crippen MR) is 65.2 cm³/mol. The minimum Gasteiger partial charge on any atom is -0.465 e. The zero-order chi connectivity index (χ0) is 13.0. The fourth-order valence-corrected chi connectivity index (χ4v) is 1.99. The quantitative estimate of drug-likeness (QED) is 0.839. The van der Waals surface area contributed by atoms with Gasteiger partial charge in [0.15, 0.2) is 0 Å². The lowest BCUT2D eigenvalue weighted by atomic mass is 10.1. The van der Waals surface area contributed by atoms with Crippen molar-refractivity contribution < 1.29 is 18.7 Å². The highest BCUT2D eigenvalue weighted by atomic mass is 19.1. The summed E-state index contributed by atoms with van der Waals surface area (Å²) in [6.07, 6.45) is 1.69. The van der Waals surface area contributed by atoms with Gasteiger partial charge in [-0.1, -0.05) is 0 Å². The highest BCUT2D eigenvalue weighted by molar-refractivity contribution is 5.95. The maximum Gasteiger partial charge on any atom is 0.339 e. The molecule has 0 unspecified atom stereocenters. The summed E-state index contributed by atoms with van der Waals surface area (Å²) in [7, 11) is 1.31. The summed E-state index contributed by atoms with van der Waals surface area (Å²) in [5.41, 5.74) is 0.833. The van der Waals surface area contributed by atoms with Crippen LogP contribution in [-0.4, -0.2) is 32.3 Å². The number of nitrogens with one attached hydrogen (secondary N) is 1. The van der Waals surface area contributed by atoms with E-state index in [1.807, 2.05) is 0 Å². The van der Waals surface area contributed by atoms with Gasteiger partial charge in [0, 0.05) is 19.3 Å². The molecule has 98 valence electrons. The van der Waals surface area contributed by atoms with Crippen LogP contribution in [0.1, 0.15) is 23.2 Å². The Kier molecular flexibility index (Phi) is 4.15. The van der Waals surface area contributed by atoms with Gasteiger partial charge in [0.1, 0.15) is 5.82 Å². The van der Waals surface area contributed by atoms with Crippen molar-refractivity contribution in [2.24, 2.45) is 0 Å². The number of rotatable bonds is 3. The number of carbonyl (C=O) groups excluding carboxylic acids is 1. The molecule has 1 aromatic carbocycles. The Balaban J connectivity index is 2.18. The molecule has 1 aromatic rings. The van der Waals surface area contributed by atoms with Crippen LogP contribution in [-0.2, 0) is 9.47 Å². The molecule has 0 radical (unpaired) electrons. The summed E-state index contributed by atoms with van der Waals surface area (Å²) in [5, 5.41) is 3.18. The molecule has 1 fully saturated rings. The second-order valence-electron chi connectivity index (χ2n) is 4.21. The van der Waals surface area contributed by atoms with Crippen LogP contribution in [0.2, 0.25) is 0 Å². The molecule has 0 atom stereocenters. The van der Waals surface area contributed by atoms with E-state index in [2.05, 4.69) is 10.1 Å². The number of esters is 1. The second kappa shape index (κ2) is 5.82. The zero-order valence-electron chi connectivity index (χ0n) is 10.2.